The van der Waals surface area contributed by atoms with Gasteiger partial charge in [-0.2, -0.15) is 0 Å². The number of amides is 2. The van der Waals surface area contributed by atoms with E-state index in [1.807, 2.05) is 32.0 Å². The first-order chi connectivity index (χ1) is 11.5. The molecule has 0 atom stereocenters. The number of carbonyl (C=O) groups excluding carboxylic acids is 2. The predicted molar refractivity (Wildman–Crippen MR) is 94.5 cm³/mol. The van der Waals surface area contributed by atoms with Gasteiger partial charge in [0.15, 0.2) is 6.61 Å². The van der Waals surface area contributed by atoms with E-state index < -0.39 is 0 Å². The second-order valence-electron chi connectivity index (χ2n) is 5.32. The molecule has 0 saturated heterocycles. The number of hydrogen-bond donors (Lipinski definition) is 2. The molecule has 2 amide bonds. The zero-order valence-corrected chi connectivity index (χ0v) is 14.3. The van der Waals surface area contributed by atoms with E-state index >= 15 is 0 Å². The van der Waals surface area contributed by atoms with E-state index in [0.29, 0.717) is 10.8 Å². The molecular weight excluding hydrogens is 328 g/mol. The lowest BCUT2D eigenvalue weighted by molar-refractivity contribution is -0.125. The summed E-state index contributed by atoms with van der Waals surface area (Å²) in [5.41, 5.74) is 2.83. The molecule has 0 heterocycles. The summed E-state index contributed by atoms with van der Waals surface area (Å²) in [6, 6.07) is 12.4. The quantitative estimate of drug-likeness (QED) is 0.844. The molecule has 0 bridgehead atoms. The first kappa shape index (κ1) is 17.8. The van der Waals surface area contributed by atoms with Crippen molar-refractivity contribution in [3.63, 3.8) is 0 Å². The van der Waals surface area contributed by atoms with Crippen LogP contribution in [0.2, 0.25) is 5.02 Å². The first-order valence-corrected chi connectivity index (χ1v) is 7.84. The second kappa shape index (κ2) is 8.36. The van der Waals surface area contributed by atoms with Crippen molar-refractivity contribution < 1.29 is 14.3 Å². The molecule has 0 aromatic heterocycles. The summed E-state index contributed by atoms with van der Waals surface area (Å²) in [6.45, 7) is 3.60. The Morgan fingerprint density at radius 3 is 2.58 bits per heavy atom. The van der Waals surface area contributed by atoms with Crippen LogP contribution in [0.1, 0.15) is 11.1 Å². The summed E-state index contributed by atoms with van der Waals surface area (Å²) in [6.07, 6.45) is 0. The minimum Gasteiger partial charge on any atom is -0.484 e. The molecule has 0 unspecified atom stereocenters. The molecule has 126 valence electrons. The second-order valence-corrected chi connectivity index (χ2v) is 5.75. The van der Waals surface area contributed by atoms with Crippen LogP contribution in [0.5, 0.6) is 5.75 Å². The number of halogens is 1. The molecule has 0 spiro atoms. The van der Waals surface area contributed by atoms with Gasteiger partial charge >= 0.3 is 0 Å². The summed E-state index contributed by atoms with van der Waals surface area (Å²) in [5, 5.41) is 5.82. The molecule has 0 aliphatic heterocycles. The zero-order valence-electron chi connectivity index (χ0n) is 13.6. The van der Waals surface area contributed by atoms with Gasteiger partial charge in [-0.3, -0.25) is 9.59 Å². The molecule has 6 heteroatoms. The predicted octanol–water partition coefficient (Wildman–Crippen LogP) is 3.09. The molecule has 24 heavy (non-hydrogen) atoms. The van der Waals surface area contributed by atoms with Gasteiger partial charge in [0.25, 0.3) is 5.91 Å². The average molecular weight is 347 g/mol. The SMILES string of the molecule is Cc1cccc(NC(=O)CNC(=O)COc2cccc(Cl)c2)c1C. The minimum absolute atomic E-state index is 0.120. The van der Waals surface area contributed by atoms with Crippen molar-refractivity contribution in [1.82, 2.24) is 5.32 Å². The number of benzene rings is 2. The Hall–Kier alpha value is -2.53. The van der Waals surface area contributed by atoms with Crippen LogP contribution in [0.15, 0.2) is 42.5 Å². The normalized spacial score (nSPS) is 10.1. The number of rotatable bonds is 6. The highest BCUT2D eigenvalue weighted by Crippen LogP contribution is 2.18. The lowest BCUT2D eigenvalue weighted by Crippen LogP contribution is -2.35. The lowest BCUT2D eigenvalue weighted by Gasteiger charge is -2.11. The lowest BCUT2D eigenvalue weighted by atomic mass is 10.1. The molecule has 0 saturated carbocycles. The third-order valence-electron chi connectivity index (χ3n) is 3.49. The van der Waals surface area contributed by atoms with Crippen LogP contribution >= 0.6 is 11.6 Å². The number of nitrogens with one attached hydrogen (secondary N) is 2. The van der Waals surface area contributed by atoms with E-state index in [2.05, 4.69) is 10.6 Å². The van der Waals surface area contributed by atoms with E-state index in [0.717, 1.165) is 16.8 Å². The van der Waals surface area contributed by atoms with Gasteiger partial charge in [0.1, 0.15) is 5.75 Å². The summed E-state index contributed by atoms with van der Waals surface area (Å²) in [4.78, 5) is 23.6. The average Bonchev–Trinajstić information content (AvgIpc) is 2.55. The van der Waals surface area contributed by atoms with Crippen molar-refractivity contribution in [2.75, 3.05) is 18.5 Å². The zero-order chi connectivity index (χ0) is 17.5. The van der Waals surface area contributed by atoms with Crippen LogP contribution in [0.3, 0.4) is 0 Å². The summed E-state index contributed by atoms with van der Waals surface area (Å²) >= 11 is 5.83. The van der Waals surface area contributed by atoms with Gasteiger partial charge in [-0.05, 0) is 49.2 Å². The first-order valence-electron chi connectivity index (χ1n) is 7.47. The number of ether oxygens (including phenoxy) is 1. The Bertz CT molecular complexity index is 747. The molecule has 2 aromatic rings. The summed E-state index contributed by atoms with van der Waals surface area (Å²) in [7, 11) is 0. The molecule has 2 aromatic carbocycles. The van der Waals surface area contributed by atoms with Crippen molar-refractivity contribution >= 4 is 29.1 Å². The van der Waals surface area contributed by atoms with Crippen molar-refractivity contribution in [1.29, 1.82) is 0 Å². The molecule has 2 N–H and O–H groups in total. The summed E-state index contributed by atoms with van der Waals surface area (Å²) in [5.74, 6) is -0.177. The largest absolute Gasteiger partial charge is 0.484 e. The smallest absolute Gasteiger partial charge is 0.258 e. The molecule has 0 radical (unpaired) electrons. The number of hydrogen-bond acceptors (Lipinski definition) is 3. The van der Waals surface area contributed by atoms with Crippen molar-refractivity contribution in [3.05, 3.63) is 58.6 Å². The van der Waals surface area contributed by atoms with Crippen LogP contribution in [0.25, 0.3) is 0 Å². The van der Waals surface area contributed by atoms with Gasteiger partial charge in [0, 0.05) is 10.7 Å². The monoisotopic (exact) mass is 346 g/mol. The van der Waals surface area contributed by atoms with Gasteiger partial charge in [0.05, 0.1) is 6.54 Å². The van der Waals surface area contributed by atoms with E-state index in [9.17, 15) is 9.59 Å². The van der Waals surface area contributed by atoms with Gasteiger partial charge in [0.2, 0.25) is 5.91 Å². The van der Waals surface area contributed by atoms with Crippen LogP contribution in [0, 0.1) is 13.8 Å². The molecule has 0 aliphatic carbocycles. The van der Waals surface area contributed by atoms with Crippen LogP contribution in [0.4, 0.5) is 5.69 Å². The van der Waals surface area contributed by atoms with Gasteiger partial charge in [-0.15, -0.1) is 0 Å². The Morgan fingerprint density at radius 1 is 1.08 bits per heavy atom. The molecule has 0 fully saturated rings. The Balaban J connectivity index is 1.77. The van der Waals surface area contributed by atoms with Crippen LogP contribution in [-0.2, 0) is 9.59 Å². The fourth-order valence-corrected chi connectivity index (χ4v) is 2.20. The standard InChI is InChI=1S/C18H19ClN2O3/c1-12-5-3-8-16(13(12)2)21-17(22)10-20-18(23)11-24-15-7-4-6-14(19)9-15/h3-9H,10-11H2,1-2H3,(H,20,23)(H,21,22). The van der Waals surface area contributed by atoms with Crippen LogP contribution in [-0.4, -0.2) is 25.0 Å². The van der Waals surface area contributed by atoms with Crippen molar-refractivity contribution in [2.24, 2.45) is 0 Å². The topological polar surface area (TPSA) is 67.4 Å². The third-order valence-corrected chi connectivity index (χ3v) is 3.73. The number of carbonyl (C=O) groups is 2. The number of anilines is 1. The maximum absolute atomic E-state index is 11.9. The maximum atomic E-state index is 11.9. The Morgan fingerprint density at radius 2 is 1.83 bits per heavy atom. The molecule has 5 nitrogen and oxygen atoms in total. The van der Waals surface area contributed by atoms with E-state index in [4.69, 9.17) is 16.3 Å². The van der Waals surface area contributed by atoms with E-state index in [-0.39, 0.29) is 25.0 Å². The third kappa shape index (κ3) is 5.28. The Kier molecular flexibility index (Phi) is 6.21. The van der Waals surface area contributed by atoms with Gasteiger partial charge in [-0.25, -0.2) is 0 Å². The molecular formula is C18H19ClN2O3. The highest BCUT2D eigenvalue weighted by molar-refractivity contribution is 6.30. The van der Waals surface area contributed by atoms with Crippen molar-refractivity contribution in [3.8, 4) is 5.75 Å². The van der Waals surface area contributed by atoms with Gasteiger partial charge < -0.3 is 15.4 Å². The molecule has 2 rings (SSSR count). The van der Waals surface area contributed by atoms with E-state index in [1.165, 1.54) is 0 Å². The fourth-order valence-electron chi connectivity index (χ4n) is 2.02. The summed E-state index contributed by atoms with van der Waals surface area (Å²) < 4.78 is 5.31. The fraction of sp³-hybridized carbons (Fsp3) is 0.222. The molecule has 0 aliphatic rings. The minimum atomic E-state index is -0.383. The number of aryl methyl sites for hydroxylation is 1. The highest BCUT2D eigenvalue weighted by Gasteiger charge is 2.09. The van der Waals surface area contributed by atoms with Crippen LogP contribution < -0.4 is 15.4 Å². The van der Waals surface area contributed by atoms with Gasteiger partial charge in [-0.1, -0.05) is 29.8 Å². The van der Waals surface area contributed by atoms with Crippen molar-refractivity contribution in [2.45, 2.75) is 13.8 Å². The van der Waals surface area contributed by atoms with E-state index in [1.54, 1.807) is 24.3 Å². The maximum Gasteiger partial charge on any atom is 0.258 e. The highest BCUT2D eigenvalue weighted by atomic mass is 35.5. The Labute approximate surface area is 146 Å².